The molecule has 1 aliphatic heterocycles. The number of aliphatic hydroxyl groups is 2. The quantitative estimate of drug-likeness (QED) is 0.306. The zero-order valence-electron chi connectivity index (χ0n) is 17.5. The number of nitrogens with zero attached hydrogens (tertiary/aromatic N) is 3. The lowest BCUT2D eigenvalue weighted by Gasteiger charge is -2.43. The SMILES string of the molecule is CC(C)(C)[Si](OC[C@@H](N=[N+]=[N-])[C@H]1O[C@@H](O)C[C@@H]1O)(c1ccccc1)c1ccccc1. The zero-order valence-corrected chi connectivity index (χ0v) is 18.5. The Balaban J connectivity index is 2.03. The van der Waals surface area contributed by atoms with Gasteiger partial charge in [0.25, 0.3) is 8.32 Å². The third kappa shape index (κ3) is 4.44. The van der Waals surface area contributed by atoms with Crippen LogP contribution in [0.1, 0.15) is 27.2 Å². The van der Waals surface area contributed by atoms with Crippen molar-refractivity contribution in [2.45, 2.75) is 56.8 Å². The van der Waals surface area contributed by atoms with E-state index in [1.165, 1.54) is 0 Å². The van der Waals surface area contributed by atoms with E-state index >= 15 is 0 Å². The highest BCUT2D eigenvalue weighted by Crippen LogP contribution is 2.37. The molecule has 1 fully saturated rings. The molecule has 4 atom stereocenters. The van der Waals surface area contributed by atoms with Gasteiger partial charge in [-0.25, -0.2) is 0 Å². The van der Waals surface area contributed by atoms with Crippen molar-refractivity contribution >= 4 is 18.7 Å². The molecule has 3 rings (SSSR count). The highest BCUT2D eigenvalue weighted by molar-refractivity contribution is 6.99. The van der Waals surface area contributed by atoms with E-state index in [2.05, 4.69) is 55.1 Å². The number of benzene rings is 2. The molecule has 0 radical (unpaired) electrons. The average Bonchev–Trinajstić information content (AvgIpc) is 3.06. The fourth-order valence-electron chi connectivity index (χ4n) is 4.25. The molecule has 2 aromatic carbocycles. The van der Waals surface area contributed by atoms with Crippen molar-refractivity contribution in [3.05, 3.63) is 71.1 Å². The molecule has 160 valence electrons. The van der Waals surface area contributed by atoms with E-state index in [0.29, 0.717) is 0 Å². The maximum absolute atomic E-state index is 10.3. The van der Waals surface area contributed by atoms with Gasteiger partial charge >= 0.3 is 0 Å². The van der Waals surface area contributed by atoms with Gasteiger partial charge in [-0.3, -0.25) is 0 Å². The standard InChI is InChI=1S/C22H29N3O4Si/c1-22(2,3)30(16-10-6-4-7-11-16,17-12-8-5-9-13-17)28-15-18(24-25-23)21-19(26)14-20(27)29-21/h4-13,18-21,26-27H,14-15H2,1-3H3/t18-,19+,20-,21-/m1/s1. The van der Waals surface area contributed by atoms with Crippen LogP contribution in [0, 0.1) is 0 Å². The highest BCUT2D eigenvalue weighted by Gasteiger charge is 2.51. The first kappa shape index (κ1) is 22.5. The van der Waals surface area contributed by atoms with Gasteiger partial charge in [0, 0.05) is 17.9 Å². The molecular formula is C22H29N3O4Si. The van der Waals surface area contributed by atoms with Crippen molar-refractivity contribution in [1.29, 1.82) is 0 Å². The van der Waals surface area contributed by atoms with Crippen LogP contribution in [0.2, 0.25) is 5.04 Å². The van der Waals surface area contributed by atoms with Crippen molar-refractivity contribution in [1.82, 2.24) is 0 Å². The number of azide groups is 1. The summed E-state index contributed by atoms with van der Waals surface area (Å²) in [6.07, 6.45) is -2.72. The lowest BCUT2D eigenvalue weighted by atomic mass is 10.1. The zero-order chi connectivity index (χ0) is 21.8. The molecule has 2 N–H and O–H groups in total. The van der Waals surface area contributed by atoms with E-state index in [9.17, 15) is 10.2 Å². The van der Waals surface area contributed by atoms with E-state index in [1.807, 2.05) is 36.4 Å². The molecule has 7 nitrogen and oxygen atoms in total. The average molecular weight is 428 g/mol. The van der Waals surface area contributed by atoms with Gasteiger partial charge < -0.3 is 19.4 Å². The summed E-state index contributed by atoms with van der Waals surface area (Å²) in [7, 11) is -2.81. The maximum Gasteiger partial charge on any atom is 0.261 e. The first-order valence-corrected chi connectivity index (χ1v) is 12.0. The Bertz CT molecular complexity index is 829. The van der Waals surface area contributed by atoms with Gasteiger partial charge in [-0.1, -0.05) is 86.5 Å². The molecular weight excluding hydrogens is 398 g/mol. The van der Waals surface area contributed by atoms with Crippen LogP contribution in [-0.2, 0) is 9.16 Å². The first-order chi connectivity index (χ1) is 14.3. The summed E-state index contributed by atoms with van der Waals surface area (Å²) in [6, 6.07) is 19.5. The first-order valence-electron chi connectivity index (χ1n) is 10.1. The summed E-state index contributed by atoms with van der Waals surface area (Å²) in [6.45, 7) is 6.55. The Morgan fingerprint density at radius 3 is 2.03 bits per heavy atom. The van der Waals surface area contributed by atoms with Crippen LogP contribution < -0.4 is 10.4 Å². The number of hydrogen-bond acceptors (Lipinski definition) is 5. The highest BCUT2D eigenvalue weighted by atomic mass is 28.4. The van der Waals surface area contributed by atoms with Crippen molar-refractivity contribution in [2.75, 3.05) is 6.61 Å². The van der Waals surface area contributed by atoms with Crippen molar-refractivity contribution in [2.24, 2.45) is 5.11 Å². The van der Waals surface area contributed by atoms with E-state index in [-0.39, 0.29) is 18.1 Å². The monoisotopic (exact) mass is 427 g/mol. The summed E-state index contributed by atoms with van der Waals surface area (Å²) in [5, 5.41) is 25.8. The minimum atomic E-state index is -2.81. The van der Waals surface area contributed by atoms with Crippen molar-refractivity contribution in [3.63, 3.8) is 0 Å². The van der Waals surface area contributed by atoms with Gasteiger partial charge in [0.1, 0.15) is 0 Å². The molecule has 0 amide bonds. The van der Waals surface area contributed by atoms with Crippen LogP contribution in [0.3, 0.4) is 0 Å². The van der Waals surface area contributed by atoms with Crippen LogP contribution >= 0.6 is 0 Å². The van der Waals surface area contributed by atoms with Gasteiger partial charge in [-0.2, -0.15) is 0 Å². The molecule has 1 aliphatic rings. The molecule has 8 heteroatoms. The minimum Gasteiger partial charge on any atom is -0.407 e. The van der Waals surface area contributed by atoms with Crippen molar-refractivity contribution < 1.29 is 19.4 Å². The summed E-state index contributed by atoms with van der Waals surface area (Å²) in [5.74, 6) is 0. The van der Waals surface area contributed by atoms with Gasteiger partial charge in [-0.15, -0.1) is 0 Å². The molecule has 0 spiro atoms. The van der Waals surface area contributed by atoms with Crippen LogP contribution in [0.5, 0.6) is 0 Å². The lowest BCUT2D eigenvalue weighted by molar-refractivity contribution is -0.104. The van der Waals surface area contributed by atoms with Gasteiger partial charge in [0.15, 0.2) is 6.29 Å². The summed E-state index contributed by atoms with van der Waals surface area (Å²) in [5.41, 5.74) is 9.09. The lowest BCUT2D eigenvalue weighted by Crippen LogP contribution is -2.67. The molecule has 2 aromatic rings. The van der Waals surface area contributed by atoms with Gasteiger partial charge in [-0.05, 0) is 20.9 Å². The Hall–Kier alpha value is -2.19. The second-order valence-electron chi connectivity index (χ2n) is 8.60. The number of ether oxygens (including phenoxy) is 1. The van der Waals surface area contributed by atoms with Crippen LogP contribution in [0.25, 0.3) is 10.4 Å². The molecule has 1 saturated heterocycles. The van der Waals surface area contributed by atoms with E-state index in [0.717, 1.165) is 10.4 Å². The Labute approximate surface area is 178 Å². The van der Waals surface area contributed by atoms with Crippen LogP contribution in [-0.4, -0.2) is 49.7 Å². The summed E-state index contributed by atoms with van der Waals surface area (Å²) < 4.78 is 12.2. The van der Waals surface area contributed by atoms with E-state index in [1.54, 1.807) is 0 Å². The predicted molar refractivity (Wildman–Crippen MR) is 118 cm³/mol. The third-order valence-electron chi connectivity index (χ3n) is 5.60. The van der Waals surface area contributed by atoms with E-state index in [4.69, 9.17) is 14.7 Å². The second-order valence-corrected chi connectivity index (χ2v) is 12.9. The number of rotatable bonds is 7. The molecule has 0 bridgehead atoms. The predicted octanol–water partition coefficient (Wildman–Crippen LogP) is 2.71. The van der Waals surface area contributed by atoms with Gasteiger partial charge in [0.2, 0.25) is 0 Å². The fourth-order valence-corrected chi connectivity index (χ4v) is 8.82. The maximum atomic E-state index is 10.3. The molecule has 30 heavy (non-hydrogen) atoms. The van der Waals surface area contributed by atoms with Gasteiger partial charge in [0.05, 0.1) is 18.2 Å². The number of hydrogen-bond donors (Lipinski definition) is 2. The normalized spacial score (nSPS) is 23.0. The summed E-state index contributed by atoms with van der Waals surface area (Å²) >= 11 is 0. The molecule has 1 heterocycles. The number of aliphatic hydroxyl groups excluding tert-OH is 2. The molecule has 0 aliphatic carbocycles. The molecule has 0 saturated carbocycles. The van der Waals surface area contributed by atoms with E-state index < -0.39 is 32.9 Å². The van der Waals surface area contributed by atoms with Crippen molar-refractivity contribution in [3.8, 4) is 0 Å². The topological polar surface area (TPSA) is 108 Å². The fraction of sp³-hybridized carbons (Fsp3) is 0.455. The second kappa shape index (κ2) is 9.30. The largest absolute Gasteiger partial charge is 0.407 e. The Morgan fingerprint density at radius 1 is 1.10 bits per heavy atom. The smallest absolute Gasteiger partial charge is 0.261 e. The Kier molecular flexibility index (Phi) is 6.97. The third-order valence-corrected chi connectivity index (χ3v) is 10.6. The molecule has 0 unspecified atom stereocenters. The van der Waals surface area contributed by atoms with Crippen LogP contribution in [0.15, 0.2) is 65.8 Å². The Morgan fingerprint density at radius 2 is 1.63 bits per heavy atom. The molecule has 0 aromatic heterocycles. The summed E-state index contributed by atoms with van der Waals surface area (Å²) in [4.78, 5) is 2.94. The minimum absolute atomic E-state index is 0.0752. The van der Waals surface area contributed by atoms with Crippen LogP contribution in [0.4, 0.5) is 0 Å².